The highest BCUT2D eigenvalue weighted by molar-refractivity contribution is 6.30. The summed E-state index contributed by atoms with van der Waals surface area (Å²) < 4.78 is 17.4. The molecule has 8 heteroatoms. The van der Waals surface area contributed by atoms with Crippen LogP contribution in [0.1, 0.15) is 52.9 Å². The van der Waals surface area contributed by atoms with Crippen LogP contribution in [0.3, 0.4) is 0 Å². The van der Waals surface area contributed by atoms with E-state index in [-0.39, 0.29) is 36.2 Å². The summed E-state index contributed by atoms with van der Waals surface area (Å²) in [4.78, 5) is 25.0. The first kappa shape index (κ1) is 26.7. The third kappa shape index (κ3) is 6.31. The Morgan fingerprint density at radius 2 is 1.89 bits per heavy atom. The number of cyclic esters (lactones) is 1. The summed E-state index contributed by atoms with van der Waals surface area (Å²) in [6.45, 7) is 5.43. The minimum Gasteiger partial charge on any atom is -0.476 e. The molecule has 36 heavy (non-hydrogen) atoms. The molecule has 1 aromatic carbocycles. The van der Waals surface area contributed by atoms with Crippen molar-refractivity contribution in [2.75, 3.05) is 0 Å². The number of carbonyl (C=O) groups is 2. The van der Waals surface area contributed by atoms with Gasteiger partial charge in [-0.25, -0.2) is 4.79 Å². The lowest BCUT2D eigenvalue weighted by atomic mass is 9.66. The van der Waals surface area contributed by atoms with Gasteiger partial charge < -0.3 is 24.4 Å². The zero-order chi connectivity index (χ0) is 26.0. The Hall–Kier alpha value is -2.35. The Bertz CT molecular complexity index is 1020. The van der Waals surface area contributed by atoms with E-state index in [1.54, 1.807) is 38.1 Å². The van der Waals surface area contributed by atoms with Gasteiger partial charge >= 0.3 is 11.9 Å². The van der Waals surface area contributed by atoms with Gasteiger partial charge in [0.05, 0.1) is 18.6 Å². The number of ether oxygens (including phenoxy) is 3. The molecule has 1 aromatic rings. The summed E-state index contributed by atoms with van der Waals surface area (Å²) in [6, 6.07) is 6.77. The van der Waals surface area contributed by atoms with Crippen LogP contribution >= 0.6 is 11.6 Å². The first-order chi connectivity index (χ1) is 17.0. The lowest BCUT2D eigenvalue weighted by Crippen LogP contribution is -2.47. The number of halogens is 1. The zero-order valence-corrected chi connectivity index (χ0v) is 21.7. The van der Waals surface area contributed by atoms with E-state index in [2.05, 4.69) is 13.0 Å². The second kappa shape index (κ2) is 11.0. The number of aliphatic hydroxyl groups is 2. The summed E-state index contributed by atoms with van der Waals surface area (Å²) in [5, 5.41) is 21.0. The van der Waals surface area contributed by atoms with E-state index in [0.29, 0.717) is 30.0 Å². The molecule has 196 valence electrons. The van der Waals surface area contributed by atoms with E-state index in [1.807, 2.05) is 12.2 Å². The number of carbonyl (C=O) groups excluding carboxylic acids is 2. The van der Waals surface area contributed by atoms with Crippen molar-refractivity contribution in [3.8, 4) is 5.75 Å². The molecule has 0 saturated carbocycles. The molecule has 0 aromatic heterocycles. The van der Waals surface area contributed by atoms with E-state index in [1.165, 1.54) is 0 Å². The topological polar surface area (TPSA) is 102 Å². The van der Waals surface area contributed by atoms with Gasteiger partial charge in [0.2, 0.25) is 0 Å². The molecular weight excluding hydrogens is 484 g/mol. The molecule has 2 aliphatic carbocycles. The highest BCUT2D eigenvalue weighted by Gasteiger charge is 2.44. The van der Waals surface area contributed by atoms with Gasteiger partial charge in [-0.05, 0) is 68.4 Å². The predicted octanol–water partition coefficient (Wildman–Crippen LogP) is 4.39. The number of hydrogen-bond acceptors (Lipinski definition) is 7. The molecule has 2 N–H and O–H groups in total. The number of allylic oxidation sites excluding steroid dienone is 2. The van der Waals surface area contributed by atoms with Gasteiger partial charge in [-0.15, -0.1) is 0 Å². The number of aliphatic hydroxyl groups excluding tert-OH is 2. The Morgan fingerprint density at radius 3 is 2.58 bits per heavy atom. The fourth-order valence-electron chi connectivity index (χ4n) is 5.52. The normalized spacial score (nSPS) is 32.2. The molecule has 0 amide bonds. The fraction of sp³-hybridized carbons (Fsp3) is 0.571. The van der Waals surface area contributed by atoms with Crippen LogP contribution < -0.4 is 4.74 Å². The standard InChI is InChI=1S/C28H35ClO7/c1-16-4-5-17-12-19(30)14-24(26(17)23(16)11-10-22-13-20(31)15-25(32)34-22)35-27(33)28(2,3)36-21-8-6-18(29)7-9-21/h4-9,12,16,19-20,22-24,26,30-31H,10-11,13-15H2,1-3H3/t16?,19?,20-,22-,23?,24?,26?/m1/s1. The molecule has 5 unspecified atom stereocenters. The van der Waals surface area contributed by atoms with Crippen LogP contribution in [0.2, 0.25) is 5.02 Å². The summed E-state index contributed by atoms with van der Waals surface area (Å²) in [5.74, 6) is -0.168. The van der Waals surface area contributed by atoms with Crippen LogP contribution in [0, 0.1) is 17.8 Å². The smallest absolute Gasteiger partial charge is 0.350 e. The van der Waals surface area contributed by atoms with Gasteiger partial charge in [0.25, 0.3) is 0 Å². The molecular formula is C28H35ClO7. The highest BCUT2D eigenvalue weighted by atomic mass is 35.5. The van der Waals surface area contributed by atoms with Gasteiger partial charge in [-0.1, -0.05) is 36.8 Å². The predicted molar refractivity (Wildman–Crippen MR) is 134 cm³/mol. The number of hydrogen-bond donors (Lipinski definition) is 2. The first-order valence-electron chi connectivity index (χ1n) is 12.6. The van der Waals surface area contributed by atoms with Crippen LogP contribution in [0.15, 0.2) is 48.1 Å². The summed E-state index contributed by atoms with van der Waals surface area (Å²) in [6.07, 6.45) is 5.83. The Labute approximate surface area is 217 Å². The maximum atomic E-state index is 13.3. The van der Waals surface area contributed by atoms with E-state index >= 15 is 0 Å². The number of rotatable bonds is 7. The Balaban J connectivity index is 1.48. The van der Waals surface area contributed by atoms with Crippen molar-refractivity contribution in [3.05, 3.63) is 53.1 Å². The van der Waals surface area contributed by atoms with Crippen LogP contribution in [-0.4, -0.2) is 52.2 Å². The average molecular weight is 519 g/mol. The number of esters is 2. The molecule has 7 nitrogen and oxygen atoms in total. The highest BCUT2D eigenvalue weighted by Crippen LogP contribution is 2.44. The fourth-order valence-corrected chi connectivity index (χ4v) is 5.65. The summed E-state index contributed by atoms with van der Waals surface area (Å²) in [7, 11) is 0. The molecule has 0 spiro atoms. The van der Waals surface area contributed by atoms with Crippen molar-refractivity contribution in [1.82, 2.24) is 0 Å². The molecule has 1 saturated heterocycles. The molecule has 3 aliphatic rings. The first-order valence-corrected chi connectivity index (χ1v) is 13.0. The quantitative estimate of drug-likeness (QED) is 0.516. The molecule has 1 fully saturated rings. The Kier molecular flexibility index (Phi) is 8.12. The molecule has 1 heterocycles. The monoisotopic (exact) mass is 518 g/mol. The van der Waals surface area contributed by atoms with Crippen molar-refractivity contribution in [1.29, 1.82) is 0 Å². The van der Waals surface area contributed by atoms with Gasteiger partial charge in [-0.2, -0.15) is 0 Å². The van der Waals surface area contributed by atoms with Crippen LogP contribution in [-0.2, 0) is 19.1 Å². The second-order valence-electron chi connectivity index (χ2n) is 10.7. The van der Waals surface area contributed by atoms with Crippen molar-refractivity contribution in [2.24, 2.45) is 17.8 Å². The number of benzene rings is 1. The van der Waals surface area contributed by atoms with Gasteiger partial charge in [-0.3, -0.25) is 4.79 Å². The third-order valence-corrected chi connectivity index (χ3v) is 7.62. The van der Waals surface area contributed by atoms with E-state index in [4.69, 9.17) is 25.8 Å². The van der Waals surface area contributed by atoms with E-state index in [0.717, 1.165) is 12.0 Å². The lowest BCUT2D eigenvalue weighted by Gasteiger charge is -2.43. The van der Waals surface area contributed by atoms with Crippen LogP contribution in [0.25, 0.3) is 0 Å². The van der Waals surface area contributed by atoms with Crippen molar-refractivity contribution in [2.45, 2.75) is 82.9 Å². The maximum Gasteiger partial charge on any atom is 0.350 e. The zero-order valence-electron chi connectivity index (χ0n) is 20.9. The molecule has 1 aliphatic heterocycles. The van der Waals surface area contributed by atoms with Gasteiger partial charge in [0, 0.05) is 23.8 Å². The van der Waals surface area contributed by atoms with Gasteiger partial charge in [0.15, 0.2) is 5.60 Å². The Morgan fingerprint density at radius 1 is 1.17 bits per heavy atom. The van der Waals surface area contributed by atoms with E-state index < -0.39 is 29.9 Å². The van der Waals surface area contributed by atoms with Crippen molar-refractivity contribution in [3.63, 3.8) is 0 Å². The number of fused-ring (bicyclic) bond motifs is 1. The van der Waals surface area contributed by atoms with Gasteiger partial charge in [0.1, 0.15) is 18.0 Å². The molecule has 4 rings (SSSR count). The molecule has 7 atom stereocenters. The summed E-state index contributed by atoms with van der Waals surface area (Å²) in [5.41, 5.74) is -0.301. The largest absolute Gasteiger partial charge is 0.476 e. The third-order valence-electron chi connectivity index (χ3n) is 7.37. The van der Waals surface area contributed by atoms with Crippen LogP contribution in [0.5, 0.6) is 5.75 Å². The minimum absolute atomic E-state index is 0.0401. The average Bonchev–Trinajstić information content (AvgIpc) is 2.79. The van der Waals surface area contributed by atoms with Crippen molar-refractivity contribution < 1.29 is 34.0 Å². The van der Waals surface area contributed by atoms with Crippen molar-refractivity contribution >= 4 is 23.5 Å². The maximum absolute atomic E-state index is 13.3. The van der Waals surface area contributed by atoms with Crippen LogP contribution in [0.4, 0.5) is 0 Å². The molecule has 0 bridgehead atoms. The summed E-state index contributed by atoms with van der Waals surface area (Å²) >= 11 is 5.95. The minimum atomic E-state index is -1.25. The SMILES string of the molecule is CC1C=CC2=CC(O)CC(OC(=O)C(C)(C)Oc3ccc(Cl)cc3)C2C1CC[C@@H]1C[C@@H](O)CC(=O)O1. The van der Waals surface area contributed by atoms with E-state index in [9.17, 15) is 19.8 Å². The molecule has 0 radical (unpaired) electrons. The second-order valence-corrected chi connectivity index (χ2v) is 11.1. The lowest BCUT2D eigenvalue weighted by molar-refractivity contribution is -0.171.